The number of aryl methyl sites for hydroxylation is 1. The van der Waals surface area contributed by atoms with Gasteiger partial charge in [-0.1, -0.05) is 17.7 Å². The Morgan fingerprint density at radius 3 is 2.59 bits per heavy atom. The molecule has 0 saturated carbocycles. The average molecular weight is 458 g/mol. The number of carbonyl (C=O) groups is 3. The lowest BCUT2D eigenvalue weighted by molar-refractivity contribution is -0.144. The highest BCUT2D eigenvalue weighted by Crippen LogP contribution is 2.29. The number of rotatable bonds is 5. The monoisotopic (exact) mass is 457 g/mol. The van der Waals surface area contributed by atoms with Gasteiger partial charge in [0, 0.05) is 22.8 Å². The molecule has 0 aliphatic carbocycles. The summed E-state index contributed by atoms with van der Waals surface area (Å²) in [6, 6.07) is 12.4. The highest BCUT2D eigenvalue weighted by atomic mass is 35.5. The molecule has 0 aromatic heterocycles. The molecule has 4 unspecified atom stereocenters. The molecule has 5 N–H and O–H groups in total. The Morgan fingerprint density at radius 2 is 1.88 bits per heavy atom. The molecule has 4 atom stereocenters. The maximum Gasteiger partial charge on any atom is 0.229 e. The lowest BCUT2D eigenvalue weighted by Crippen LogP contribution is -2.72. The van der Waals surface area contributed by atoms with Gasteiger partial charge in [-0.25, -0.2) is 0 Å². The number of fused-ring (bicyclic) bond motifs is 1. The van der Waals surface area contributed by atoms with E-state index in [0.717, 1.165) is 11.3 Å². The van der Waals surface area contributed by atoms with Crippen LogP contribution in [-0.2, 0) is 14.4 Å². The summed E-state index contributed by atoms with van der Waals surface area (Å²) in [7, 11) is 1.58. The van der Waals surface area contributed by atoms with Crippen molar-refractivity contribution in [1.29, 1.82) is 0 Å². The molecule has 3 amide bonds. The molecule has 10 heteroatoms. The van der Waals surface area contributed by atoms with Gasteiger partial charge in [0.25, 0.3) is 0 Å². The Morgan fingerprint density at radius 1 is 1.12 bits per heavy atom. The van der Waals surface area contributed by atoms with Crippen LogP contribution in [0.4, 0.5) is 11.4 Å². The van der Waals surface area contributed by atoms with Crippen LogP contribution in [0.25, 0.3) is 0 Å². The predicted molar refractivity (Wildman–Crippen MR) is 120 cm³/mol. The van der Waals surface area contributed by atoms with Crippen molar-refractivity contribution >= 4 is 40.7 Å². The molecule has 4 rings (SSSR count). The van der Waals surface area contributed by atoms with Crippen LogP contribution in [0, 0.1) is 18.8 Å². The number of benzene rings is 2. The molecule has 168 valence electrons. The fourth-order valence-electron chi connectivity index (χ4n) is 3.96. The van der Waals surface area contributed by atoms with Gasteiger partial charge >= 0.3 is 0 Å². The normalized spacial score (nSPS) is 24.6. The van der Waals surface area contributed by atoms with Crippen LogP contribution in [0.2, 0.25) is 5.02 Å². The van der Waals surface area contributed by atoms with Gasteiger partial charge in [-0.2, -0.15) is 0 Å². The van der Waals surface area contributed by atoms with E-state index in [0.29, 0.717) is 16.5 Å². The van der Waals surface area contributed by atoms with Crippen LogP contribution in [0.5, 0.6) is 5.75 Å². The number of nitrogens with one attached hydrogen (secondary N) is 5. The molecule has 2 aliphatic rings. The Bertz CT molecular complexity index is 1050. The van der Waals surface area contributed by atoms with E-state index in [1.807, 2.05) is 19.1 Å². The van der Waals surface area contributed by atoms with Crippen molar-refractivity contribution in [2.75, 3.05) is 17.7 Å². The minimum absolute atomic E-state index is 0.0850. The Kier molecular flexibility index (Phi) is 6.20. The van der Waals surface area contributed by atoms with Crippen LogP contribution in [0.15, 0.2) is 42.5 Å². The minimum atomic E-state index is -0.832. The van der Waals surface area contributed by atoms with E-state index >= 15 is 0 Å². The first kappa shape index (κ1) is 21.9. The average Bonchev–Trinajstić information content (AvgIpc) is 2.76. The van der Waals surface area contributed by atoms with Gasteiger partial charge in [0.05, 0.1) is 25.1 Å². The first-order chi connectivity index (χ1) is 15.3. The molecule has 32 heavy (non-hydrogen) atoms. The molecule has 0 bridgehead atoms. The van der Waals surface area contributed by atoms with Gasteiger partial charge in [0.1, 0.15) is 5.75 Å². The Hall–Kier alpha value is -3.30. The number of methoxy groups -OCH3 is 1. The summed E-state index contributed by atoms with van der Waals surface area (Å²) in [5, 5.41) is 15.2. The maximum atomic E-state index is 13.0. The first-order valence-electron chi connectivity index (χ1n) is 10.2. The zero-order valence-electron chi connectivity index (χ0n) is 17.6. The summed E-state index contributed by atoms with van der Waals surface area (Å²) < 4.78 is 5.14. The van der Waals surface area contributed by atoms with E-state index in [9.17, 15) is 14.4 Å². The second-order valence-electron chi connectivity index (χ2n) is 7.81. The fraction of sp³-hybridized carbons (Fsp3) is 0.318. The maximum absolute atomic E-state index is 13.0. The van der Waals surface area contributed by atoms with Gasteiger partial charge in [0.2, 0.25) is 17.7 Å². The smallest absolute Gasteiger partial charge is 0.229 e. The molecule has 2 aliphatic heterocycles. The summed E-state index contributed by atoms with van der Waals surface area (Å²) in [6.07, 6.45) is -1.41. The van der Waals surface area contributed by atoms with Crippen LogP contribution >= 0.6 is 11.6 Å². The zero-order chi connectivity index (χ0) is 22.8. The molecule has 2 aromatic carbocycles. The fourth-order valence-corrected chi connectivity index (χ4v) is 4.13. The van der Waals surface area contributed by atoms with Crippen molar-refractivity contribution in [3.63, 3.8) is 0 Å². The van der Waals surface area contributed by atoms with Crippen LogP contribution in [-0.4, -0.2) is 37.3 Å². The summed E-state index contributed by atoms with van der Waals surface area (Å²) in [6.45, 7) is 1.84. The summed E-state index contributed by atoms with van der Waals surface area (Å²) >= 11 is 6.04. The standard InChI is InChI=1S/C22H24ClN5O4/c1-11-3-4-12(23)9-16(11)25-20(30)15-10-17(29)26-19-18(15)21(31)28-22(27-19)24-13-5-7-14(32-2)8-6-13/h3-9,15,18-19,22,24,27H,10H2,1-2H3,(H,25,30)(H,26,29)(H,28,31). The number of ether oxygens (including phenoxy) is 1. The molecule has 0 spiro atoms. The van der Waals surface area contributed by atoms with Gasteiger partial charge in [-0.3, -0.25) is 19.7 Å². The zero-order valence-corrected chi connectivity index (χ0v) is 18.3. The predicted octanol–water partition coefficient (Wildman–Crippen LogP) is 1.79. The number of amides is 3. The van der Waals surface area contributed by atoms with Crippen molar-refractivity contribution in [1.82, 2.24) is 16.0 Å². The van der Waals surface area contributed by atoms with Gasteiger partial charge in [0.15, 0.2) is 6.29 Å². The Balaban J connectivity index is 1.48. The molecule has 2 saturated heterocycles. The third-order valence-corrected chi connectivity index (χ3v) is 5.88. The van der Waals surface area contributed by atoms with E-state index in [2.05, 4.69) is 26.6 Å². The largest absolute Gasteiger partial charge is 0.497 e. The summed E-state index contributed by atoms with van der Waals surface area (Å²) in [4.78, 5) is 38.3. The van der Waals surface area contributed by atoms with Gasteiger partial charge < -0.3 is 26.0 Å². The highest BCUT2D eigenvalue weighted by Gasteiger charge is 2.48. The molecule has 0 radical (unpaired) electrons. The van der Waals surface area contributed by atoms with Crippen LogP contribution in [0.3, 0.4) is 0 Å². The van der Waals surface area contributed by atoms with Crippen LogP contribution < -0.4 is 31.3 Å². The second kappa shape index (κ2) is 9.05. The number of hydrogen-bond donors (Lipinski definition) is 5. The second-order valence-corrected chi connectivity index (χ2v) is 8.25. The SMILES string of the molecule is COc1ccc(NC2NC(=O)C3C(NC(=O)CC3C(=O)Nc3cc(Cl)ccc3C)N2)cc1. The van der Waals surface area contributed by atoms with E-state index in [1.54, 1.807) is 37.4 Å². The Labute approximate surface area is 190 Å². The molecule has 2 aromatic rings. The molecular formula is C22H24ClN5O4. The third-order valence-electron chi connectivity index (χ3n) is 5.65. The summed E-state index contributed by atoms with van der Waals surface area (Å²) in [5.74, 6) is -1.93. The van der Waals surface area contributed by atoms with Gasteiger partial charge in [-0.05, 0) is 48.9 Å². The minimum Gasteiger partial charge on any atom is -0.497 e. The lowest BCUT2D eigenvalue weighted by Gasteiger charge is -2.43. The third kappa shape index (κ3) is 4.63. The number of piperidine rings is 1. The van der Waals surface area contributed by atoms with E-state index in [4.69, 9.17) is 16.3 Å². The van der Waals surface area contributed by atoms with E-state index in [-0.39, 0.29) is 18.2 Å². The lowest BCUT2D eigenvalue weighted by atomic mass is 9.81. The van der Waals surface area contributed by atoms with Gasteiger partial charge in [-0.15, -0.1) is 0 Å². The molecule has 2 heterocycles. The topological polar surface area (TPSA) is 121 Å². The quantitative estimate of drug-likeness (QED) is 0.467. The van der Waals surface area contributed by atoms with Crippen molar-refractivity contribution in [2.45, 2.75) is 25.8 Å². The summed E-state index contributed by atoms with van der Waals surface area (Å²) in [5.41, 5.74) is 2.12. The number of hydrogen-bond acceptors (Lipinski definition) is 6. The van der Waals surface area contributed by atoms with Crippen molar-refractivity contribution < 1.29 is 19.1 Å². The van der Waals surface area contributed by atoms with E-state index in [1.165, 1.54) is 0 Å². The van der Waals surface area contributed by atoms with Crippen LogP contribution in [0.1, 0.15) is 12.0 Å². The van der Waals surface area contributed by atoms with Crippen molar-refractivity contribution in [3.05, 3.63) is 53.1 Å². The number of anilines is 2. The van der Waals surface area contributed by atoms with Crippen molar-refractivity contribution in [2.24, 2.45) is 11.8 Å². The molecular weight excluding hydrogens is 434 g/mol. The number of carbonyl (C=O) groups excluding carboxylic acids is 3. The first-order valence-corrected chi connectivity index (χ1v) is 10.6. The molecule has 2 fully saturated rings. The molecule has 9 nitrogen and oxygen atoms in total. The van der Waals surface area contributed by atoms with E-state index < -0.39 is 30.2 Å². The van der Waals surface area contributed by atoms with Crippen molar-refractivity contribution in [3.8, 4) is 5.75 Å². The number of halogens is 1. The highest BCUT2D eigenvalue weighted by molar-refractivity contribution is 6.31.